The van der Waals surface area contributed by atoms with E-state index in [2.05, 4.69) is 17.0 Å². The van der Waals surface area contributed by atoms with Gasteiger partial charge < -0.3 is 9.15 Å². The molecule has 2 aromatic carbocycles. The van der Waals surface area contributed by atoms with Crippen molar-refractivity contribution in [1.29, 1.82) is 0 Å². The number of furan rings is 1. The van der Waals surface area contributed by atoms with Crippen molar-refractivity contribution >= 4 is 17.8 Å². The zero-order valence-corrected chi connectivity index (χ0v) is 17.7. The lowest BCUT2D eigenvalue weighted by Gasteiger charge is -2.28. The highest BCUT2D eigenvalue weighted by atomic mass is 16.5. The molecule has 0 fully saturated rings. The number of methoxy groups -OCH3 is 1. The minimum atomic E-state index is -0.505. The summed E-state index contributed by atoms with van der Waals surface area (Å²) in [6.45, 7) is 1.98. The highest BCUT2D eigenvalue weighted by Crippen LogP contribution is 2.28. The lowest BCUT2D eigenvalue weighted by molar-refractivity contribution is 0.0591. The van der Waals surface area contributed by atoms with Crippen molar-refractivity contribution in [3.63, 3.8) is 0 Å². The van der Waals surface area contributed by atoms with Crippen molar-refractivity contribution < 1.29 is 23.5 Å². The van der Waals surface area contributed by atoms with Crippen LogP contribution in [0.5, 0.6) is 0 Å². The lowest BCUT2D eigenvalue weighted by Crippen LogP contribution is -2.30. The third kappa shape index (κ3) is 3.50. The number of amides is 2. The van der Waals surface area contributed by atoms with E-state index in [0.29, 0.717) is 34.8 Å². The number of hydrogen-bond acceptors (Lipinski definition) is 6. The normalized spacial score (nSPS) is 15.6. The highest BCUT2D eigenvalue weighted by Gasteiger charge is 2.36. The molecule has 0 unspecified atom stereocenters. The first kappa shape index (κ1) is 20.2. The van der Waals surface area contributed by atoms with E-state index in [0.717, 1.165) is 24.4 Å². The van der Waals surface area contributed by atoms with Crippen LogP contribution in [-0.2, 0) is 30.8 Å². The molecule has 0 saturated carbocycles. The Balaban J connectivity index is 1.38. The molecule has 3 aromatic rings. The predicted molar refractivity (Wildman–Crippen MR) is 115 cm³/mol. The summed E-state index contributed by atoms with van der Waals surface area (Å²) >= 11 is 0. The summed E-state index contributed by atoms with van der Waals surface area (Å²) in [5, 5.41) is 0. The summed E-state index contributed by atoms with van der Waals surface area (Å²) in [7, 11) is 1.32. The Morgan fingerprint density at radius 2 is 1.62 bits per heavy atom. The summed E-state index contributed by atoms with van der Waals surface area (Å²) in [5.74, 6) is -0.392. The first-order valence-corrected chi connectivity index (χ1v) is 10.5. The van der Waals surface area contributed by atoms with Gasteiger partial charge in [-0.15, -0.1) is 0 Å². The average Bonchev–Trinajstić information content (AvgIpc) is 3.33. The summed E-state index contributed by atoms with van der Waals surface area (Å²) in [6, 6.07) is 16.6. The lowest BCUT2D eigenvalue weighted by atomic mass is 10.00. The number of nitrogens with zero attached hydrogens (tertiary/aromatic N) is 2. The van der Waals surface area contributed by atoms with Gasteiger partial charge in [0.05, 0.1) is 31.3 Å². The van der Waals surface area contributed by atoms with Crippen LogP contribution >= 0.6 is 0 Å². The predicted octanol–water partition coefficient (Wildman–Crippen LogP) is 3.42. The standard InChI is InChI=1S/C25H22N2O5/c1-31-25(30)21-12-18(14-27-23(28)19-8-4-5-9-20(19)24(27)29)32-22(21)15-26-11-10-16-6-2-3-7-17(16)13-26/h2-9,12H,10-11,13-15H2,1H3. The second-order valence-corrected chi connectivity index (χ2v) is 8.01. The second kappa shape index (κ2) is 8.09. The molecule has 7 nitrogen and oxygen atoms in total. The molecule has 0 aliphatic carbocycles. The van der Waals surface area contributed by atoms with E-state index in [9.17, 15) is 14.4 Å². The number of ether oxygens (including phenoxy) is 1. The molecular weight excluding hydrogens is 408 g/mol. The van der Waals surface area contributed by atoms with Gasteiger partial charge in [-0.2, -0.15) is 0 Å². The molecule has 0 atom stereocenters. The Hall–Kier alpha value is -3.71. The van der Waals surface area contributed by atoms with Gasteiger partial charge in [0.2, 0.25) is 0 Å². The van der Waals surface area contributed by atoms with Crippen molar-refractivity contribution in [2.45, 2.75) is 26.1 Å². The zero-order valence-electron chi connectivity index (χ0n) is 17.7. The van der Waals surface area contributed by atoms with Crippen LogP contribution in [0.3, 0.4) is 0 Å². The van der Waals surface area contributed by atoms with Gasteiger partial charge in [-0.25, -0.2) is 4.79 Å². The van der Waals surface area contributed by atoms with E-state index in [1.54, 1.807) is 30.3 Å². The SMILES string of the molecule is COC(=O)c1cc(CN2C(=O)c3ccccc3C2=O)oc1CN1CCc2ccccc2C1. The number of carbonyl (C=O) groups excluding carboxylic acids is 3. The fourth-order valence-electron chi connectivity index (χ4n) is 4.39. The molecule has 2 aliphatic rings. The fraction of sp³-hybridized carbons (Fsp3) is 0.240. The summed E-state index contributed by atoms with van der Waals surface area (Å²) < 4.78 is 10.9. The van der Waals surface area contributed by atoms with Crippen molar-refractivity contribution in [2.75, 3.05) is 13.7 Å². The van der Waals surface area contributed by atoms with E-state index < -0.39 is 5.97 Å². The van der Waals surface area contributed by atoms with Gasteiger partial charge in [-0.05, 0) is 35.7 Å². The maximum absolute atomic E-state index is 12.7. The molecule has 5 rings (SSSR count). The molecule has 162 valence electrons. The van der Waals surface area contributed by atoms with Crippen LogP contribution in [0.1, 0.15) is 53.7 Å². The number of esters is 1. The third-order valence-corrected chi connectivity index (χ3v) is 6.03. The van der Waals surface area contributed by atoms with Gasteiger partial charge in [-0.1, -0.05) is 36.4 Å². The molecule has 2 amide bonds. The Labute approximate surface area is 185 Å². The van der Waals surface area contributed by atoms with E-state index in [-0.39, 0.29) is 18.4 Å². The van der Waals surface area contributed by atoms with Crippen molar-refractivity contribution in [1.82, 2.24) is 9.80 Å². The number of hydrogen-bond donors (Lipinski definition) is 0. The molecule has 0 N–H and O–H groups in total. The van der Waals surface area contributed by atoms with Crippen LogP contribution in [-0.4, -0.2) is 41.2 Å². The Morgan fingerprint density at radius 1 is 0.969 bits per heavy atom. The minimum Gasteiger partial charge on any atom is -0.465 e. The molecule has 0 saturated heterocycles. The summed E-state index contributed by atoms with van der Waals surface area (Å²) in [6.07, 6.45) is 0.923. The van der Waals surface area contributed by atoms with Gasteiger partial charge >= 0.3 is 5.97 Å². The Kier molecular flexibility index (Phi) is 5.11. The first-order chi connectivity index (χ1) is 15.5. The summed E-state index contributed by atoms with van der Waals surface area (Å²) in [5.41, 5.74) is 3.67. The third-order valence-electron chi connectivity index (χ3n) is 6.03. The van der Waals surface area contributed by atoms with Crippen LogP contribution in [0.4, 0.5) is 0 Å². The smallest absolute Gasteiger partial charge is 0.341 e. The van der Waals surface area contributed by atoms with Crippen molar-refractivity contribution in [2.24, 2.45) is 0 Å². The van der Waals surface area contributed by atoms with E-state index in [4.69, 9.17) is 9.15 Å². The van der Waals surface area contributed by atoms with Crippen LogP contribution in [0.25, 0.3) is 0 Å². The molecule has 0 spiro atoms. The van der Waals surface area contributed by atoms with Crippen molar-refractivity contribution in [3.05, 3.63) is 93.9 Å². The van der Waals surface area contributed by atoms with Gasteiger partial charge in [0.1, 0.15) is 17.1 Å². The maximum Gasteiger partial charge on any atom is 0.341 e. The van der Waals surface area contributed by atoms with Crippen LogP contribution in [0.2, 0.25) is 0 Å². The number of carbonyl (C=O) groups is 3. The molecule has 1 aromatic heterocycles. The van der Waals surface area contributed by atoms with E-state index >= 15 is 0 Å². The molecule has 3 heterocycles. The average molecular weight is 430 g/mol. The van der Waals surface area contributed by atoms with E-state index in [1.807, 2.05) is 12.1 Å². The van der Waals surface area contributed by atoms with Gasteiger partial charge in [0, 0.05) is 13.1 Å². The minimum absolute atomic E-state index is 0.0425. The zero-order chi connectivity index (χ0) is 22.2. The maximum atomic E-state index is 12.7. The van der Waals surface area contributed by atoms with Gasteiger partial charge in [0.15, 0.2) is 0 Å². The molecule has 2 aliphatic heterocycles. The number of rotatable bonds is 5. The van der Waals surface area contributed by atoms with E-state index in [1.165, 1.54) is 18.2 Å². The molecule has 0 radical (unpaired) electrons. The first-order valence-electron chi connectivity index (χ1n) is 10.5. The van der Waals surface area contributed by atoms with Crippen LogP contribution in [0.15, 0.2) is 59.0 Å². The fourth-order valence-corrected chi connectivity index (χ4v) is 4.39. The largest absolute Gasteiger partial charge is 0.465 e. The van der Waals surface area contributed by atoms with Crippen LogP contribution in [0, 0.1) is 0 Å². The quantitative estimate of drug-likeness (QED) is 0.456. The Bertz CT molecular complexity index is 1190. The van der Waals surface area contributed by atoms with Gasteiger partial charge in [-0.3, -0.25) is 19.4 Å². The van der Waals surface area contributed by atoms with Crippen LogP contribution < -0.4 is 0 Å². The topological polar surface area (TPSA) is 80.1 Å². The summed E-state index contributed by atoms with van der Waals surface area (Å²) in [4.78, 5) is 41.1. The number of benzene rings is 2. The second-order valence-electron chi connectivity index (χ2n) is 8.01. The number of imide groups is 1. The Morgan fingerprint density at radius 3 is 2.31 bits per heavy atom. The highest BCUT2D eigenvalue weighted by molar-refractivity contribution is 6.21. The molecule has 32 heavy (non-hydrogen) atoms. The van der Waals surface area contributed by atoms with Crippen molar-refractivity contribution in [3.8, 4) is 0 Å². The number of fused-ring (bicyclic) bond motifs is 2. The van der Waals surface area contributed by atoms with Gasteiger partial charge in [0.25, 0.3) is 11.8 Å². The molecular formula is C25H22N2O5. The molecule has 0 bridgehead atoms. The monoisotopic (exact) mass is 430 g/mol. The molecule has 7 heteroatoms.